The van der Waals surface area contributed by atoms with Crippen LogP contribution in [-0.4, -0.2) is 15.0 Å². The third-order valence-electron chi connectivity index (χ3n) is 5.51. The smallest absolute Gasteiger partial charge is 0.127 e. The molecule has 140 valence electrons. The molecule has 5 rings (SSSR count). The lowest BCUT2D eigenvalue weighted by atomic mass is 10.1. The van der Waals surface area contributed by atoms with Crippen molar-refractivity contribution in [2.45, 2.75) is 31.8 Å². The molecule has 0 fully saturated rings. The van der Waals surface area contributed by atoms with Crippen LogP contribution in [0.15, 0.2) is 67.1 Å². The second-order valence-corrected chi connectivity index (χ2v) is 7.41. The third-order valence-corrected chi connectivity index (χ3v) is 5.51. The van der Waals surface area contributed by atoms with E-state index in [1.807, 2.05) is 6.20 Å². The first-order valence-electron chi connectivity index (χ1n) is 9.76. The highest BCUT2D eigenvalue weighted by Crippen LogP contribution is 2.33. The standard InChI is InChI=1S/C23H23N5/c1-15(22-13-24-14-25-22)26-18-8-10-20-17(12-18)7-11-23(27-20)28-21-9-6-16-4-2-3-5-19(16)21/h2-5,7-8,10-15,21,26H,6,9H2,1H3,(H,24,25)(H,27,28)/t15-,21?/m1/s1. The van der Waals surface area contributed by atoms with E-state index in [0.29, 0.717) is 6.04 Å². The summed E-state index contributed by atoms with van der Waals surface area (Å²) in [6.07, 6.45) is 5.80. The number of fused-ring (bicyclic) bond motifs is 2. The summed E-state index contributed by atoms with van der Waals surface area (Å²) in [6, 6.07) is 19.7. The van der Waals surface area contributed by atoms with Crippen molar-refractivity contribution in [3.8, 4) is 0 Å². The first-order valence-corrected chi connectivity index (χ1v) is 9.76. The van der Waals surface area contributed by atoms with Crippen LogP contribution in [0.2, 0.25) is 0 Å². The zero-order chi connectivity index (χ0) is 18.9. The van der Waals surface area contributed by atoms with Gasteiger partial charge in [-0.25, -0.2) is 9.97 Å². The Morgan fingerprint density at radius 3 is 2.93 bits per heavy atom. The van der Waals surface area contributed by atoms with E-state index in [-0.39, 0.29) is 6.04 Å². The van der Waals surface area contributed by atoms with Crippen LogP contribution in [0.1, 0.15) is 42.2 Å². The maximum atomic E-state index is 4.83. The van der Waals surface area contributed by atoms with Gasteiger partial charge in [0, 0.05) is 17.3 Å². The molecule has 4 aromatic rings. The van der Waals surface area contributed by atoms with Crippen molar-refractivity contribution in [2.24, 2.45) is 0 Å². The van der Waals surface area contributed by atoms with Crippen molar-refractivity contribution in [1.29, 1.82) is 0 Å². The lowest BCUT2D eigenvalue weighted by molar-refractivity contribution is 0.758. The summed E-state index contributed by atoms with van der Waals surface area (Å²) >= 11 is 0. The van der Waals surface area contributed by atoms with Crippen molar-refractivity contribution in [2.75, 3.05) is 10.6 Å². The molecule has 0 amide bonds. The van der Waals surface area contributed by atoms with E-state index in [9.17, 15) is 0 Å². The number of pyridine rings is 1. The minimum atomic E-state index is 0.163. The van der Waals surface area contributed by atoms with Gasteiger partial charge in [0.05, 0.1) is 29.6 Å². The normalized spacial score (nSPS) is 16.7. The number of nitrogens with zero attached hydrogens (tertiary/aromatic N) is 2. The summed E-state index contributed by atoms with van der Waals surface area (Å²) in [4.78, 5) is 12.1. The second kappa shape index (κ2) is 7.00. The number of anilines is 2. The summed E-state index contributed by atoms with van der Waals surface area (Å²) in [7, 11) is 0. The van der Waals surface area contributed by atoms with E-state index < -0.39 is 0 Å². The first kappa shape index (κ1) is 16.8. The van der Waals surface area contributed by atoms with Gasteiger partial charge < -0.3 is 15.6 Å². The van der Waals surface area contributed by atoms with Crippen molar-refractivity contribution in [3.05, 3.63) is 83.9 Å². The molecule has 5 heteroatoms. The predicted octanol–water partition coefficient (Wildman–Crippen LogP) is 5.23. The molecule has 0 spiro atoms. The maximum Gasteiger partial charge on any atom is 0.127 e. The molecule has 1 aliphatic rings. The van der Waals surface area contributed by atoms with Gasteiger partial charge >= 0.3 is 0 Å². The molecule has 2 aromatic heterocycles. The molecule has 2 atom stereocenters. The van der Waals surface area contributed by atoms with Gasteiger partial charge in [0.2, 0.25) is 0 Å². The number of nitrogens with one attached hydrogen (secondary N) is 3. The van der Waals surface area contributed by atoms with Gasteiger partial charge in [-0.15, -0.1) is 0 Å². The first-order chi connectivity index (χ1) is 13.8. The molecule has 0 saturated carbocycles. The number of imidazole rings is 1. The number of hydrogen-bond acceptors (Lipinski definition) is 4. The molecular formula is C23H23N5. The molecule has 0 radical (unpaired) electrons. The summed E-state index contributed by atoms with van der Waals surface area (Å²) in [5, 5.41) is 8.25. The third kappa shape index (κ3) is 3.20. The highest BCUT2D eigenvalue weighted by atomic mass is 15.0. The van der Waals surface area contributed by atoms with Crippen LogP contribution in [0.4, 0.5) is 11.5 Å². The maximum absolute atomic E-state index is 4.83. The number of benzene rings is 2. The van der Waals surface area contributed by atoms with Gasteiger partial charge in [0.25, 0.3) is 0 Å². The quantitative estimate of drug-likeness (QED) is 0.451. The molecule has 2 aromatic carbocycles. The molecule has 3 N–H and O–H groups in total. The van der Waals surface area contributed by atoms with E-state index in [2.05, 4.69) is 82.1 Å². The average molecular weight is 369 g/mol. The number of aryl methyl sites for hydroxylation is 1. The van der Waals surface area contributed by atoms with Gasteiger partial charge in [-0.1, -0.05) is 24.3 Å². The van der Waals surface area contributed by atoms with Crippen LogP contribution in [0.3, 0.4) is 0 Å². The van der Waals surface area contributed by atoms with Crippen molar-refractivity contribution in [3.63, 3.8) is 0 Å². The lowest BCUT2D eigenvalue weighted by Crippen LogP contribution is -2.08. The monoisotopic (exact) mass is 369 g/mol. The van der Waals surface area contributed by atoms with Crippen LogP contribution in [-0.2, 0) is 6.42 Å². The highest BCUT2D eigenvalue weighted by molar-refractivity contribution is 5.84. The number of rotatable bonds is 5. The average Bonchev–Trinajstić information content (AvgIpc) is 3.39. The van der Waals surface area contributed by atoms with Gasteiger partial charge in [-0.05, 0) is 61.2 Å². The van der Waals surface area contributed by atoms with E-state index in [1.54, 1.807) is 6.33 Å². The molecule has 2 heterocycles. The Kier molecular flexibility index (Phi) is 4.20. The van der Waals surface area contributed by atoms with E-state index in [0.717, 1.165) is 40.9 Å². The SMILES string of the molecule is C[C@@H](Nc1ccc2nc(NC3CCc4ccccc43)ccc2c1)c1cnc[nH]1. The summed E-state index contributed by atoms with van der Waals surface area (Å²) < 4.78 is 0. The number of hydrogen-bond donors (Lipinski definition) is 3. The number of aromatic amines is 1. The van der Waals surface area contributed by atoms with Crippen LogP contribution in [0.5, 0.6) is 0 Å². The van der Waals surface area contributed by atoms with Crippen LogP contribution in [0.25, 0.3) is 10.9 Å². The number of H-pyrrole nitrogens is 1. The zero-order valence-corrected chi connectivity index (χ0v) is 15.8. The topological polar surface area (TPSA) is 65.6 Å². The highest BCUT2D eigenvalue weighted by Gasteiger charge is 2.21. The van der Waals surface area contributed by atoms with E-state index >= 15 is 0 Å². The number of aromatic nitrogens is 3. The molecule has 0 bridgehead atoms. The zero-order valence-electron chi connectivity index (χ0n) is 15.8. The Bertz CT molecular complexity index is 1100. The molecule has 5 nitrogen and oxygen atoms in total. The van der Waals surface area contributed by atoms with Crippen LogP contribution in [0, 0.1) is 0 Å². The van der Waals surface area contributed by atoms with E-state index in [1.165, 1.54) is 11.1 Å². The minimum absolute atomic E-state index is 0.163. The summed E-state index contributed by atoms with van der Waals surface area (Å²) in [5.74, 6) is 0.931. The van der Waals surface area contributed by atoms with Crippen molar-refractivity contribution in [1.82, 2.24) is 15.0 Å². The summed E-state index contributed by atoms with van der Waals surface area (Å²) in [6.45, 7) is 2.11. The fourth-order valence-corrected chi connectivity index (χ4v) is 4.01. The molecule has 0 saturated heterocycles. The van der Waals surface area contributed by atoms with Crippen LogP contribution >= 0.6 is 0 Å². The molecular weight excluding hydrogens is 346 g/mol. The minimum Gasteiger partial charge on any atom is -0.377 e. The second-order valence-electron chi connectivity index (χ2n) is 7.41. The fraction of sp³-hybridized carbons (Fsp3) is 0.217. The van der Waals surface area contributed by atoms with E-state index in [4.69, 9.17) is 4.98 Å². The Labute approximate surface area is 164 Å². The molecule has 1 aliphatic carbocycles. The molecule has 28 heavy (non-hydrogen) atoms. The Balaban J connectivity index is 1.34. The van der Waals surface area contributed by atoms with Crippen molar-refractivity contribution >= 4 is 22.4 Å². The van der Waals surface area contributed by atoms with Crippen LogP contribution < -0.4 is 10.6 Å². The Hall–Kier alpha value is -3.34. The Morgan fingerprint density at radius 1 is 1.11 bits per heavy atom. The lowest BCUT2D eigenvalue weighted by Gasteiger charge is -2.16. The molecule has 0 aliphatic heterocycles. The van der Waals surface area contributed by atoms with Crippen molar-refractivity contribution < 1.29 is 0 Å². The van der Waals surface area contributed by atoms with Gasteiger partial charge in [0.1, 0.15) is 5.82 Å². The van der Waals surface area contributed by atoms with Gasteiger partial charge in [-0.2, -0.15) is 0 Å². The summed E-state index contributed by atoms with van der Waals surface area (Å²) in [5.41, 5.74) is 5.98. The molecule has 1 unspecified atom stereocenters. The fourth-order valence-electron chi connectivity index (χ4n) is 4.01. The predicted molar refractivity (Wildman–Crippen MR) is 113 cm³/mol. The van der Waals surface area contributed by atoms with Gasteiger partial charge in [0.15, 0.2) is 0 Å². The van der Waals surface area contributed by atoms with Gasteiger partial charge in [-0.3, -0.25) is 0 Å². The largest absolute Gasteiger partial charge is 0.377 e. The Morgan fingerprint density at radius 2 is 2.04 bits per heavy atom.